The van der Waals surface area contributed by atoms with E-state index in [1.807, 2.05) is 0 Å². The second-order valence-corrected chi connectivity index (χ2v) is 3.41. The Kier molecular flexibility index (Phi) is 14.7. The number of carboxylic acids is 1. The average Bonchev–Trinajstić information content (AvgIpc) is 2.09. The van der Waals surface area contributed by atoms with Gasteiger partial charge >= 0.3 is 5.97 Å². The van der Waals surface area contributed by atoms with Gasteiger partial charge in [-0.3, -0.25) is 4.79 Å². The van der Waals surface area contributed by atoms with Crippen molar-refractivity contribution < 1.29 is 9.90 Å². The molecule has 86 valence electrons. The highest BCUT2D eigenvalue weighted by molar-refractivity contribution is 5.85. The van der Waals surface area contributed by atoms with E-state index in [1.54, 1.807) is 0 Å². The number of halogens is 1. The van der Waals surface area contributed by atoms with Gasteiger partial charge in [0.25, 0.3) is 0 Å². The van der Waals surface area contributed by atoms with Gasteiger partial charge in [0, 0.05) is 6.42 Å². The van der Waals surface area contributed by atoms with Gasteiger partial charge in [-0.15, -0.1) is 12.4 Å². The van der Waals surface area contributed by atoms with Crippen molar-refractivity contribution in [3.8, 4) is 0 Å². The number of unbranched alkanes of at least 4 members (excludes halogenated alkanes) is 6. The Balaban J connectivity index is 0. The first-order valence-corrected chi connectivity index (χ1v) is 5.19. The minimum absolute atomic E-state index is 0. The molecule has 0 saturated heterocycles. The van der Waals surface area contributed by atoms with E-state index in [0.29, 0.717) is 6.42 Å². The van der Waals surface area contributed by atoms with Crippen LogP contribution in [-0.4, -0.2) is 17.6 Å². The van der Waals surface area contributed by atoms with E-state index < -0.39 is 5.97 Å². The van der Waals surface area contributed by atoms with Gasteiger partial charge < -0.3 is 10.8 Å². The molecule has 0 aliphatic carbocycles. The second kappa shape index (κ2) is 12.7. The van der Waals surface area contributed by atoms with Crippen molar-refractivity contribution in [1.29, 1.82) is 0 Å². The summed E-state index contributed by atoms with van der Waals surface area (Å²) in [5, 5.41) is 8.37. The predicted molar refractivity (Wildman–Crippen MR) is 60.9 cm³/mol. The minimum atomic E-state index is -0.678. The lowest BCUT2D eigenvalue weighted by Crippen LogP contribution is -1.97. The third kappa shape index (κ3) is 14.3. The summed E-state index contributed by atoms with van der Waals surface area (Å²) < 4.78 is 0. The number of hydrogen-bond donors (Lipinski definition) is 2. The molecule has 0 radical (unpaired) electrons. The molecule has 0 aromatic rings. The van der Waals surface area contributed by atoms with Gasteiger partial charge in [-0.05, 0) is 19.4 Å². The molecular formula is C10H22ClNO2. The van der Waals surface area contributed by atoms with E-state index in [9.17, 15) is 4.79 Å². The monoisotopic (exact) mass is 223 g/mol. The van der Waals surface area contributed by atoms with Crippen molar-refractivity contribution in [1.82, 2.24) is 0 Å². The van der Waals surface area contributed by atoms with Crippen molar-refractivity contribution >= 4 is 18.4 Å². The van der Waals surface area contributed by atoms with Crippen molar-refractivity contribution in [3.63, 3.8) is 0 Å². The van der Waals surface area contributed by atoms with Crippen LogP contribution in [0.2, 0.25) is 0 Å². The van der Waals surface area contributed by atoms with Crippen LogP contribution in [0, 0.1) is 0 Å². The molecule has 0 unspecified atom stereocenters. The zero-order chi connectivity index (χ0) is 9.94. The molecule has 4 heteroatoms. The molecule has 0 aliphatic heterocycles. The van der Waals surface area contributed by atoms with Crippen LogP contribution < -0.4 is 5.73 Å². The lowest BCUT2D eigenvalue weighted by atomic mass is 10.1. The summed E-state index contributed by atoms with van der Waals surface area (Å²) in [6.07, 6.45) is 8.16. The largest absolute Gasteiger partial charge is 0.481 e. The van der Waals surface area contributed by atoms with E-state index in [2.05, 4.69) is 0 Å². The highest BCUT2D eigenvalue weighted by atomic mass is 35.5. The first-order chi connectivity index (χ1) is 6.27. The molecule has 0 rings (SSSR count). The number of rotatable bonds is 9. The van der Waals surface area contributed by atoms with E-state index in [-0.39, 0.29) is 12.4 Å². The van der Waals surface area contributed by atoms with Gasteiger partial charge in [0.15, 0.2) is 0 Å². The molecule has 0 saturated carbocycles. The van der Waals surface area contributed by atoms with Crippen LogP contribution in [0.5, 0.6) is 0 Å². The number of nitrogens with two attached hydrogens (primary N) is 1. The van der Waals surface area contributed by atoms with Crippen LogP contribution in [0.3, 0.4) is 0 Å². The molecule has 0 heterocycles. The number of hydrogen-bond acceptors (Lipinski definition) is 2. The van der Waals surface area contributed by atoms with Gasteiger partial charge in [-0.25, -0.2) is 0 Å². The molecule has 0 fully saturated rings. The van der Waals surface area contributed by atoms with Crippen molar-refractivity contribution in [2.45, 2.75) is 51.4 Å². The first kappa shape index (κ1) is 16.2. The smallest absolute Gasteiger partial charge is 0.303 e. The average molecular weight is 224 g/mol. The molecule has 0 amide bonds. The van der Waals surface area contributed by atoms with Gasteiger partial charge in [0.2, 0.25) is 0 Å². The fraction of sp³-hybridized carbons (Fsp3) is 0.900. The molecule has 3 N–H and O–H groups in total. The lowest BCUT2D eigenvalue weighted by Gasteiger charge is -1.99. The number of aliphatic carboxylic acids is 1. The van der Waals surface area contributed by atoms with Crippen molar-refractivity contribution in [3.05, 3.63) is 0 Å². The third-order valence-electron chi connectivity index (χ3n) is 2.09. The summed E-state index contributed by atoms with van der Waals surface area (Å²) in [4.78, 5) is 10.2. The van der Waals surface area contributed by atoms with Gasteiger partial charge in [-0.2, -0.15) is 0 Å². The molecule has 0 atom stereocenters. The summed E-state index contributed by atoms with van der Waals surface area (Å²) in [5.74, 6) is -0.678. The maximum absolute atomic E-state index is 10.2. The van der Waals surface area contributed by atoms with Crippen LogP contribution in [-0.2, 0) is 4.79 Å². The predicted octanol–water partition coefficient (Wildman–Crippen LogP) is 2.57. The Morgan fingerprint density at radius 3 is 1.79 bits per heavy atom. The molecule has 0 aromatic heterocycles. The van der Waals surface area contributed by atoms with Gasteiger partial charge in [-0.1, -0.05) is 32.1 Å². The number of carbonyl (C=O) groups is 1. The fourth-order valence-corrected chi connectivity index (χ4v) is 1.30. The summed E-state index contributed by atoms with van der Waals surface area (Å²) in [6.45, 7) is 0.791. The molecule has 14 heavy (non-hydrogen) atoms. The Morgan fingerprint density at radius 2 is 1.36 bits per heavy atom. The first-order valence-electron chi connectivity index (χ1n) is 5.19. The summed E-state index contributed by atoms with van der Waals surface area (Å²) in [5.41, 5.74) is 5.36. The van der Waals surface area contributed by atoms with Crippen molar-refractivity contribution in [2.75, 3.05) is 6.54 Å². The van der Waals surface area contributed by atoms with Gasteiger partial charge in [0.1, 0.15) is 0 Å². The van der Waals surface area contributed by atoms with Crippen LogP contribution in [0.1, 0.15) is 51.4 Å². The highest BCUT2D eigenvalue weighted by Crippen LogP contribution is 2.07. The van der Waals surface area contributed by atoms with E-state index in [0.717, 1.165) is 32.2 Å². The van der Waals surface area contributed by atoms with Crippen LogP contribution in [0.4, 0.5) is 0 Å². The van der Waals surface area contributed by atoms with E-state index in [4.69, 9.17) is 10.8 Å². The minimum Gasteiger partial charge on any atom is -0.481 e. The molecule has 0 spiro atoms. The Bertz CT molecular complexity index is 131. The number of carboxylic acid groups (broad SMARTS) is 1. The molecule has 0 bridgehead atoms. The molecule has 3 nitrogen and oxygen atoms in total. The molecular weight excluding hydrogens is 202 g/mol. The van der Waals surface area contributed by atoms with Crippen LogP contribution in [0.25, 0.3) is 0 Å². The van der Waals surface area contributed by atoms with E-state index in [1.165, 1.54) is 19.3 Å². The van der Waals surface area contributed by atoms with Crippen LogP contribution in [0.15, 0.2) is 0 Å². The molecule has 0 aromatic carbocycles. The standard InChI is InChI=1S/C10H21NO2.ClH/c11-9-7-5-3-1-2-4-6-8-10(12)13;/h1-9,11H2,(H,12,13);1H. The van der Waals surface area contributed by atoms with Crippen LogP contribution >= 0.6 is 12.4 Å². The summed E-state index contributed by atoms with van der Waals surface area (Å²) >= 11 is 0. The Labute approximate surface area is 92.5 Å². The van der Waals surface area contributed by atoms with E-state index >= 15 is 0 Å². The normalized spacial score (nSPS) is 9.50. The fourth-order valence-electron chi connectivity index (χ4n) is 1.30. The molecule has 0 aliphatic rings. The topological polar surface area (TPSA) is 63.3 Å². The maximum atomic E-state index is 10.2. The Hall–Kier alpha value is -0.280. The summed E-state index contributed by atoms with van der Waals surface area (Å²) in [6, 6.07) is 0. The SMILES string of the molecule is Cl.NCCCCCCCCCC(=O)O. The maximum Gasteiger partial charge on any atom is 0.303 e. The highest BCUT2D eigenvalue weighted by Gasteiger charge is 1.95. The zero-order valence-corrected chi connectivity index (χ0v) is 9.52. The summed E-state index contributed by atoms with van der Waals surface area (Å²) in [7, 11) is 0. The lowest BCUT2D eigenvalue weighted by molar-refractivity contribution is -0.137. The second-order valence-electron chi connectivity index (χ2n) is 3.41. The quantitative estimate of drug-likeness (QED) is 0.591. The zero-order valence-electron chi connectivity index (χ0n) is 8.71. The van der Waals surface area contributed by atoms with Crippen molar-refractivity contribution in [2.24, 2.45) is 5.73 Å². The Morgan fingerprint density at radius 1 is 0.929 bits per heavy atom. The third-order valence-corrected chi connectivity index (χ3v) is 2.09. The van der Waals surface area contributed by atoms with Gasteiger partial charge in [0.05, 0.1) is 0 Å².